The fourth-order valence-electron chi connectivity index (χ4n) is 2.70. The molecule has 0 radical (unpaired) electrons. The zero-order chi connectivity index (χ0) is 14.1. The SMILES string of the molecule is CC1CCC(c2noc(-c3ccc(N)c(Br)c3)n2)CC1. The number of rotatable bonds is 2. The van der Waals surface area contributed by atoms with Crippen molar-refractivity contribution in [3.63, 3.8) is 0 Å². The number of nitrogens with zero attached hydrogens (tertiary/aromatic N) is 2. The fourth-order valence-corrected chi connectivity index (χ4v) is 3.08. The van der Waals surface area contributed by atoms with Crippen molar-refractivity contribution in [3.05, 3.63) is 28.5 Å². The number of hydrogen-bond acceptors (Lipinski definition) is 4. The van der Waals surface area contributed by atoms with Crippen molar-refractivity contribution in [2.75, 3.05) is 5.73 Å². The minimum absolute atomic E-state index is 0.445. The lowest BCUT2D eigenvalue weighted by molar-refractivity contribution is 0.329. The van der Waals surface area contributed by atoms with Gasteiger partial charge in [-0.25, -0.2) is 0 Å². The number of nitrogen functional groups attached to an aromatic ring is 1. The van der Waals surface area contributed by atoms with Gasteiger partial charge in [0.1, 0.15) is 0 Å². The topological polar surface area (TPSA) is 64.9 Å². The Kier molecular flexibility index (Phi) is 3.78. The lowest BCUT2D eigenvalue weighted by Gasteiger charge is -2.23. The molecule has 2 N–H and O–H groups in total. The first-order chi connectivity index (χ1) is 9.63. The number of hydrogen-bond donors (Lipinski definition) is 1. The zero-order valence-electron chi connectivity index (χ0n) is 11.5. The Morgan fingerprint density at radius 1 is 1.25 bits per heavy atom. The molecule has 0 bridgehead atoms. The van der Waals surface area contributed by atoms with E-state index in [4.69, 9.17) is 10.3 Å². The minimum atomic E-state index is 0.445. The van der Waals surface area contributed by atoms with Crippen LogP contribution < -0.4 is 5.73 Å². The van der Waals surface area contributed by atoms with Gasteiger partial charge in [-0.1, -0.05) is 24.9 Å². The molecule has 1 aromatic heterocycles. The number of anilines is 1. The van der Waals surface area contributed by atoms with Crippen LogP contribution in [0.2, 0.25) is 0 Å². The van der Waals surface area contributed by atoms with E-state index < -0.39 is 0 Å². The van der Waals surface area contributed by atoms with Gasteiger partial charge in [0, 0.05) is 21.6 Å². The van der Waals surface area contributed by atoms with Gasteiger partial charge in [0.05, 0.1) is 0 Å². The van der Waals surface area contributed by atoms with E-state index in [1.54, 1.807) is 0 Å². The quantitative estimate of drug-likeness (QED) is 0.827. The molecule has 1 heterocycles. The van der Waals surface area contributed by atoms with Crippen LogP contribution >= 0.6 is 15.9 Å². The van der Waals surface area contributed by atoms with Crippen LogP contribution in [-0.4, -0.2) is 10.1 Å². The second-order valence-electron chi connectivity index (χ2n) is 5.65. The van der Waals surface area contributed by atoms with Crippen molar-refractivity contribution in [3.8, 4) is 11.5 Å². The highest BCUT2D eigenvalue weighted by molar-refractivity contribution is 9.10. The molecule has 0 aliphatic heterocycles. The van der Waals surface area contributed by atoms with Crippen LogP contribution in [0.4, 0.5) is 5.69 Å². The third kappa shape index (κ3) is 2.73. The summed E-state index contributed by atoms with van der Waals surface area (Å²) in [4.78, 5) is 4.56. The molecule has 0 amide bonds. The van der Waals surface area contributed by atoms with E-state index in [9.17, 15) is 0 Å². The van der Waals surface area contributed by atoms with Crippen molar-refractivity contribution < 1.29 is 4.52 Å². The molecule has 4 nitrogen and oxygen atoms in total. The summed E-state index contributed by atoms with van der Waals surface area (Å²) < 4.78 is 6.25. The summed E-state index contributed by atoms with van der Waals surface area (Å²) in [5.74, 6) is 2.69. The average Bonchev–Trinajstić information content (AvgIpc) is 2.92. The summed E-state index contributed by atoms with van der Waals surface area (Å²) in [6.07, 6.45) is 4.82. The Balaban J connectivity index is 1.81. The minimum Gasteiger partial charge on any atom is -0.398 e. The smallest absolute Gasteiger partial charge is 0.257 e. The molecule has 1 aliphatic rings. The van der Waals surface area contributed by atoms with Gasteiger partial charge in [-0.15, -0.1) is 0 Å². The summed E-state index contributed by atoms with van der Waals surface area (Å²) >= 11 is 3.42. The highest BCUT2D eigenvalue weighted by Gasteiger charge is 2.24. The molecule has 0 saturated heterocycles. The Bertz CT molecular complexity index is 603. The van der Waals surface area contributed by atoms with Crippen LogP contribution in [0.1, 0.15) is 44.3 Å². The summed E-state index contributed by atoms with van der Waals surface area (Å²) in [5.41, 5.74) is 7.39. The van der Waals surface area contributed by atoms with Crippen molar-refractivity contribution >= 4 is 21.6 Å². The second kappa shape index (κ2) is 5.56. The molecule has 0 atom stereocenters. The molecule has 20 heavy (non-hydrogen) atoms. The van der Waals surface area contributed by atoms with Crippen LogP contribution in [0.5, 0.6) is 0 Å². The molecule has 2 aromatic rings. The maximum atomic E-state index is 5.79. The molecular weight excluding hydrogens is 318 g/mol. The third-order valence-electron chi connectivity index (χ3n) is 4.07. The predicted octanol–water partition coefficient (Wildman–Crippen LogP) is 4.38. The highest BCUT2D eigenvalue weighted by atomic mass is 79.9. The van der Waals surface area contributed by atoms with Crippen molar-refractivity contribution in [2.45, 2.75) is 38.5 Å². The largest absolute Gasteiger partial charge is 0.398 e. The maximum Gasteiger partial charge on any atom is 0.257 e. The Morgan fingerprint density at radius 3 is 2.70 bits per heavy atom. The monoisotopic (exact) mass is 335 g/mol. The van der Waals surface area contributed by atoms with E-state index in [1.807, 2.05) is 18.2 Å². The van der Waals surface area contributed by atoms with Gasteiger partial charge in [-0.05, 0) is 52.9 Å². The van der Waals surface area contributed by atoms with Gasteiger partial charge < -0.3 is 10.3 Å². The fraction of sp³-hybridized carbons (Fsp3) is 0.467. The highest BCUT2D eigenvalue weighted by Crippen LogP contribution is 2.35. The number of aromatic nitrogens is 2. The third-order valence-corrected chi connectivity index (χ3v) is 4.76. The van der Waals surface area contributed by atoms with E-state index in [2.05, 4.69) is 33.0 Å². The van der Waals surface area contributed by atoms with Crippen LogP contribution in [-0.2, 0) is 0 Å². The Morgan fingerprint density at radius 2 is 2.00 bits per heavy atom. The van der Waals surface area contributed by atoms with E-state index in [-0.39, 0.29) is 0 Å². The predicted molar refractivity (Wildman–Crippen MR) is 82.2 cm³/mol. The van der Waals surface area contributed by atoms with Crippen LogP contribution in [0.15, 0.2) is 27.2 Å². The van der Waals surface area contributed by atoms with Gasteiger partial charge in [0.15, 0.2) is 5.82 Å². The molecule has 1 saturated carbocycles. The molecule has 1 aromatic carbocycles. The molecule has 3 rings (SSSR count). The second-order valence-corrected chi connectivity index (χ2v) is 6.51. The van der Waals surface area contributed by atoms with E-state index in [1.165, 1.54) is 12.8 Å². The molecule has 0 spiro atoms. The molecule has 5 heteroatoms. The van der Waals surface area contributed by atoms with Crippen molar-refractivity contribution in [1.29, 1.82) is 0 Å². The molecule has 0 unspecified atom stereocenters. The zero-order valence-corrected chi connectivity index (χ0v) is 13.1. The Hall–Kier alpha value is -1.36. The van der Waals surface area contributed by atoms with Crippen molar-refractivity contribution in [1.82, 2.24) is 10.1 Å². The molecule has 1 fully saturated rings. The average molecular weight is 336 g/mol. The van der Waals surface area contributed by atoms with Crippen LogP contribution in [0.25, 0.3) is 11.5 Å². The summed E-state index contributed by atoms with van der Waals surface area (Å²) in [5, 5.41) is 4.16. The van der Waals surface area contributed by atoms with Gasteiger partial charge in [0.2, 0.25) is 0 Å². The molecule has 106 valence electrons. The van der Waals surface area contributed by atoms with Crippen molar-refractivity contribution in [2.24, 2.45) is 5.92 Å². The standard InChI is InChI=1S/C15H18BrN3O/c1-9-2-4-10(5-3-9)14-18-15(20-19-14)11-6-7-13(17)12(16)8-11/h6-10H,2-5,17H2,1H3. The number of benzene rings is 1. The number of nitrogens with two attached hydrogens (primary N) is 1. The normalized spacial score (nSPS) is 22.9. The summed E-state index contributed by atoms with van der Waals surface area (Å²) in [7, 11) is 0. The lowest BCUT2D eigenvalue weighted by atomic mass is 9.83. The summed E-state index contributed by atoms with van der Waals surface area (Å²) in [6.45, 7) is 2.31. The molecule has 1 aliphatic carbocycles. The molecular formula is C15H18BrN3O. The number of halogens is 1. The first-order valence-corrected chi connectivity index (χ1v) is 7.82. The van der Waals surface area contributed by atoms with E-state index in [0.29, 0.717) is 17.5 Å². The first-order valence-electron chi connectivity index (χ1n) is 7.02. The lowest BCUT2D eigenvalue weighted by Crippen LogP contribution is -2.11. The van der Waals surface area contributed by atoms with E-state index >= 15 is 0 Å². The van der Waals surface area contributed by atoms with Gasteiger partial charge in [0.25, 0.3) is 5.89 Å². The van der Waals surface area contributed by atoms with E-state index in [0.717, 1.165) is 34.6 Å². The van der Waals surface area contributed by atoms with Crippen LogP contribution in [0.3, 0.4) is 0 Å². The first kappa shape index (κ1) is 13.6. The van der Waals surface area contributed by atoms with Crippen LogP contribution in [0, 0.1) is 5.92 Å². The summed E-state index contributed by atoms with van der Waals surface area (Å²) in [6, 6.07) is 5.65. The van der Waals surface area contributed by atoms with Gasteiger partial charge >= 0.3 is 0 Å². The van der Waals surface area contributed by atoms with Gasteiger partial charge in [-0.3, -0.25) is 0 Å². The maximum absolute atomic E-state index is 5.79. The van der Waals surface area contributed by atoms with Gasteiger partial charge in [-0.2, -0.15) is 4.98 Å². The Labute approximate surface area is 126 Å².